The molecule has 0 spiro atoms. The monoisotopic (exact) mass is 263 g/mol. The minimum atomic E-state index is 0.816. The Hall–Kier alpha value is -1.28. The van der Waals surface area contributed by atoms with Crippen molar-refractivity contribution in [1.82, 2.24) is 4.98 Å². The molecule has 0 amide bonds. The molecule has 2 rings (SSSR count). The van der Waals surface area contributed by atoms with Gasteiger partial charge in [-0.1, -0.05) is 24.9 Å². The number of fused-ring (bicyclic) bond motifs is 1. The number of hydrogen-bond donors (Lipinski definition) is 0. The van der Waals surface area contributed by atoms with E-state index in [0.29, 0.717) is 0 Å². The first kappa shape index (κ1) is 13.2. The zero-order valence-corrected chi connectivity index (χ0v) is 11.8. The molecule has 0 aliphatic rings. The summed E-state index contributed by atoms with van der Waals surface area (Å²) in [5.74, 6) is 0.816. The molecule has 3 heteroatoms. The van der Waals surface area contributed by atoms with E-state index in [9.17, 15) is 0 Å². The molecule has 18 heavy (non-hydrogen) atoms. The van der Waals surface area contributed by atoms with Gasteiger partial charge in [-0.05, 0) is 43.5 Å². The van der Waals surface area contributed by atoms with Crippen LogP contribution in [0.3, 0.4) is 0 Å². The summed E-state index contributed by atoms with van der Waals surface area (Å²) < 4.78 is 5.24. The van der Waals surface area contributed by atoms with E-state index in [2.05, 4.69) is 11.9 Å². The first-order valence-electron chi connectivity index (χ1n) is 6.30. The Kier molecular flexibility index (Phi) is 4.07. The number of benzene rings is 1. The number of halogens is 1. The number of nitrogens with zero attached hydrogens (tertiary/aromatic N) is 1. The second-order valence-electron chi connectivity index (χ2n) is 4.48. The highest BCUT2D eigenvalue weighted by molar-refractivity contribution is 6.36. The van der Waals surface area contributed by atoms with E-state index >= 15 is 0 Å². The lowest BCUT2D eigenvalue weighted by Gasteiger charge is -2.11. The average molecular weight is 264 g/mol. The number of ether oxygens (including phenoxy) is 1. The van der Waals surface area contributed by atoms with Gasteiger partial charge < -0.3 is 4.74 Å². The average Bonchev–Trinajstić information content (AvgIpc) is 2.38. The summed E-state index contributed by atoms with van der Waals surface area (Å²) in [6.45, 7) is 4.21. The zero-order valence-electron chi connectivity index (χ0n) is 11.1. The van der Waals surface area contributed by atoms with E-state index in [1.54, 1.807) is 7.11 Å². The van der Waals surface area contributed by atoms with Crippen molar-refractivity contribution in [3.63, 3.8) is 0 Å². The molecule has 0 aliphatic carbocycles. The number of hydrogen-bond acceptors (Lipinski definition) is 2. The van der Waals surface area contributed by atoms with Gasteiger partial charge in [-0.25, -0.2) is 0 Å². The molecule has 0 saturated heterocycles. The van der Waals surface area contributed by atoms with Crippen LogP contribution in [0.5, 0.6) is 5.75 Å². The summed E-state index contributed by atoms with van der Waals surface area (Å²) in [4.78, 5) is 4.62. The topological polar surface area (TPSA) is 22.1 Å². The van der Waals surface area contributed by atoms with Gasteiger partial charge in [0.25, 0.3) is 0 Å². The maximum absolute atomic E-state index is 6.52. The molecular formula is C15H18ClNO. The lowest BCUT2D eigenvalue weighted by molar-refractivity contribution is 0.415. The van der Waals surface area contributed by atoms with Crippen LogP contribution in [0.15, 0.2) is 18.2 Å². The molecule has 96 valence electrons. The van der Waals surface area contributed by atoms with Gasteiger partial charge in [0.1, 0.15) is 5.75 Å². The maximum Gasteiger partial charge on any atom is 0.119 e. The number of methoxy groups -OCH3 is 1. The van der Waals surface area contributed by atoms with Crippen LogP contribution in [0.1, 0.15) is 31.0 Å². The third-order valence-electron chi connectivity index (χ3n) is 3.21. The van der Waals surface area contributed by atoms with Crippen molar-refractivity contribution in [2.75, 3.05) is 7.11 Å². The van der Waals surface area contributed by atoms with E-state index in [1.807, 2.05) is 25.1 Å². The molecule has 1 heterocycles. The van der Waals surface area contributed by atoms with Crippen molar-refractivity contribution in [2.45, 2.75) is 33.1 Å². The minimum absolute atomic E-state index is 0.816. The van der Waals surface area contributed by atoms with Gasteiger partial charge in [-0.2, -0.15) is 0 Å². The number of aromatic nitrogens is 1. The molecule has 0 saturated carbocycles. The molecule has 2 aromatic rings. The largest absolute Gasteiger partial charge is 0.497 e. The van der Waals surface area contributed by atoms with Crippen molar-refractivity contribution >= 4 is 22.5 Å². The fourth-order valence-electron chi connectivity index (χ4n) is 2.13. The van der Waals surface area contributed by atoms with Gasteiger partial charge in [0.05, 0.1) is 17.6 Å². The summed E-state index contributed by atoms with van der Waals surface area (Å²) in [7, 11) is 1.66. The number of rotatable bonds is 4. The molecule has 2 nitrogen and oxygen atoms in total. The molecule has 0 N–H and O–H groups in total. The van der Waals surface area contributed by atoms with Gasteiger partial charge >= 0.3 is 0 Å². The van der Waals surface area contributed by atoms with Gasteiger partial charge in [0.15, 0.2) is 0 Å². The second-order valence-corrected chi connectivity index (χ2v) is 4.85. The fraction of sp³-hybridized carbons (Fsp3) is 0.400. The Labute approximate surface area is 113 Å². The summed E-state index contributed by atoms with van der Waals surface area (Å²) >= 11 is 6.52. The first-order valence-corrected chi connectivity index (χ1v) is 6.68. The van der Waals surface area contributed by atoms with Crippen LogP contribution < -0.4 is 4.74 Å². The molecule has 0 aliphatic heterocycles. The van der Waals surface area contributed by atoms with Crippen molar-refractivity contribution in [3.05, 3.63) is 34.5 Å². The van der Waals surface area contributed by atoms with Crippen LogP contribution >= 0.6 is 11.6 Å². The van der Waals surface area contributed by atoms with Crippen LogP contribution in [0.4, 0.5) is 0 Å². The van der Waals surface area contributed by atoms with Crippen LogP contribution in [0.2, 0.25) is 5.02 Å². The third-order valence-corrected chi connectivity index (χ3v) is 3.64. The molecule has 1 aromatic carbocycles. The summed E-state index contributed by atoms with van der Waals surface area (Å²) in [6, 6.07) is 5.83. The summed E-state index contributed by atoms with van der Waals surface area (Å²) in [5.41, 5.74) is 3.13. The van der Waals surface area contributed by atoms with Crippen LogP contribution in [0.25, 0.3) is 10.9 Å². The Bertz CT molecular complexity index is 566. The van der Waals surface area contributed by atoms with Gasteiger partial charge in [0.2, 0.25) is 0 Å². The summed E-state index contributed by atoms with van der Waals surface area (Å²) in [6.07, 6.45) is 3.28. The molecule has 0 unspecified atom stereocenters. The fourth-order valence-corrected chi connectivity index (χ4v) is 2.51. The highest BCUT2D eigenvalue weighted by atomic mass is 35.5. The molecule has 0 fully saturated rings. The molecule has 0 bridgehead atoms. The Morgan fingerprint density at radius 2 is 2.11 bits per heavy atom. The Morgan fingerprint density at radius 3 is 2.78 bits per heavy atom. The van der Waals surface area contributed by atoms with Crippen molar-refractivity contribution in [3.8, 4) is 5.75 Å². The SMILES string of the molecule is CCCCc1c(C)nc2ccc(OC)cc2c1Cl. The van der Waals surface area contributed by atoms with Gasteiger partial charge in [-0.15, -0.1) is 0 Å². The summed E-state index contributed by atoms with van der Waals surface area (Å²) in [5, 5.41) is 1.80. The molecule has 0 atom stereocenters. The Morgan fingerprint density at radius 1 is 1.33 bits per heavy atom. The third kappa shape index (κ3) is 2.44. The van der Waals surface area contributed by atoms with Crippen molar-refractivity contribution in [2.24, 2.45) is 0 Å². The van der Waals surface area contributed by atoms with Crippen LogP contribution in [-0.4, -0.2) is 12.1 Å². The van der Waals surface area contributed by atoms with Crippen LogP contribution in [-0.2, 0) is 6.42 Å². The maximum atomic E-state index is 6.52. The molecule has 0 radical (unpaired) electrons. The number of unbranched alkanes of at least 4 members (excludes halogenated alkanes) is 1. The number of pyridine rings is 1. The lowest BCUT2D eigenvalue weighted by Crippen LogP contribution is -1.97. The quantitative estimate of drug-likeness (QED) is 0.807. The molecule has 1 aromatic heterocycles. The minimum Gasteiger partial charge on any atom is -0.497 e. The van der Waals surface area contributed by atoms with E-state index in [1.165, 1.54) is 5.56 Å². The lowest BCUT2D eigenvalue weighted by atomic mass is 10.0. The molecular weight excluding hydrogens is 246 g/mol. The first-order chi connectivity index (χ1) is 8.67. The second kappa shape index (κ2) is 5.57. The van der Waals surface area contributed by atoms with Crippen molar-refractivity contribution in [1.29, 1.82) is 0 Å². The zero-order chi connectivity index (χ0) is 13.1. The number of aryl methyl sites for hydroxylation is 1. The van der Waals surface area contributed by atoms with E-state index in [4.69, 9.17) is 16.3 Å². The smallest absolute Gasteiger partial charge is 0.119 e. The normalized spacial score (nSPS) is 10.9. The van der Waals surface area contributed by atoms with Crippen LogP contribution in [0, 0.1) is 6.92 Å². The predicted molar refractivity (Wildman–Crippen MR) is 76.7 cm³/mol. The standard InChI is InChI=1S/C15H18ClNO/c1-4-5-6-12-10(2)17-14-8-7-11(18-3)9-13(14)15(12)16/h7-9H,4-6H2,1-3H3. The van der Waals surface area contributed by atoms with Gasteiger partial charge in [-0.3, -0.25) is 4.98 Å². The van der Waals surface area contributed by atoms with E-state index < -0.39 is 0 Å². The van der Waals surface area contributed by atoms with Gasteiger partial charge in [0, 0.05) is 11.1 Å². The van der Waals surface area contributed by atoms with E-state index in [-0.39, 0.29) is 0 Å². The van der Waals surface area contributed by atoms with Crippen molar-refractivity contribution < 1.29 is 4.74 Å². The predicted octanol–water partition coefficient (Wildman–Crippen LogP) is 4.55. The Balaban J connectivity index is 2.58. The van der Waals surface area contributed by atoms with E-state index in [0.717, 1.165) is 46.6 Å². The highest BCUT2D eigenvalue weighted by Gasteiger charge is 2.11. The highest BCUT2D eigenvalue weighted by Crippen LogP contribution is 2.31.